The molecular formula is C77H117ClF6N12O13. The maximum Gasteiger partial charge on any atom is 0.393 e. The number of carbonyl (C=O) groups is 12. The van der Waals surface area contributed by atoms with Gasteiger partial charge in [0.2, 0.25) is 70.9 Å². The molecule has 0 aromatic carbocycles. The highest BCUT2D eigenvalue weighted by Gasteiger charge is 2.55. The maximum absolute atomic E-state index is 15.7. The monoisotopic (exact) mass is 1570 g/mol. The minimum absolute atomic E-state index is 0.0108. The van der Waals surface area contributed by atoms with Gasteiger partial charge in [0, 0.05) is 73.3 Å². The second-order valence-corrected chi connectivity index (χ2v) is 34.3. The fourth-order valence-corrected chi connectivity index (χ4v) is 19.4. The van der Waals surface area contributed by atoms with Gasteiger partial charge >= 0.3 is 12.4 Å². The number of carbonyl (C=O) groups excluding carboxylic acids is 12. The summed E-state index contributed by atoms with van der Waals surface area (Å²) in [6.45, 7) is 5.50. The fourth-order valence-electron chi connectivity index (χ4n) is 18.9. The van der Waals surface area contributed by atoms with Crippen LogP contribution in [0.2, 0.25) is 0 Å². The van der Waals surface area contributed by atoms with Gasteiger partial charge in [0.15, 0.2) is 0 Å². The number of nitrogens with one attached hydrogen (secondary N) is 3. The fraction of sp³-hybridized carbons (Fsp3) is 0.844. The van der Waals surface area contributed by atoms with Gasteiger partial charge in [-0.3, -0.25) is 57.5 Å². The number of amides is 12. The molecule has 10 rings (SSSR count). The highest BCUT2D eigenvalue weighted by molar-refractivity contribution is 6.21. The molecule has 3 N–H and O–H groups in total. The first-order chi connectivity index (χ1) is 51.5. The summed E-state index contributed by atoms with van der Waals surface area (Å²) in [6.07, 6.45) is -2.94. The number of likely N-dealkylation sites (N-methyl/N-ethyl adjacent to an activating group) is 5. The Labute approximate surface area is 641 Å². The molecule has 1 spiro atoms. The van der Waals surface area contributed by atoms with E-state index in [4.69, 9.17) is 16.3 Å². The molecule has 12 amide bonds. The number of morpholine rings is 1. The summed E-state index contributed by atoms with van der Waals surface area (Å²) in [5.41, 5.74) is -1.58. The zero-order valence-electron chi connectivity index (χ0n) is 64.8. The van der Waals surface area contributed by atoms with Crippen molar-refractivity contribution in [3.05, 3.63) is 0 Å². The predicted molar refractivity (Wildman–Crippen MR) is 388 cm³/mol. The lowest BCUT2D eigenvalue weighted by Crippen LogP contribution is -2.68. The normalized spacial score (nSPS) is 33.6. The van der Waals surface area contributed by atoms with Crippen LogP contribution in [0.25, 0.3) is 0 Å². The largest absolute Gasteiger partial charge is 0.393 e. The topological polar surface area (TPSA) is 279 Å². The molecule has 0 radical (unpaired) electrons. The van der Waals surface area contributed by atoms with Gasteiger partial charge in [-0.15, -0.1) is 11.6 Å². The molecule has 5 saturated carbocycles. The van der Waals surface area contributed by atoms with Crippen molar-refractivity contribution in [2.75, 3.05) is 87.7 Å². The summed E-state index contributed by atoms with van der Waals surface area (Å²) >= 11 is 6.42. The third-order valence-corrected chi connectivity index (χ3v) is 27.1. The summed E-state index contributed by atoms with van der Waals surface area (Å²) in [5, 5.41) is 7.53. The van der Waals surface area contributed by atoms with Crippen molar-refractivity contribution in [3.8, 4) is 0 Å². The van der Waals surface area contributed by atoms with Gasteiger partial charge in [-0.05, 0) is 170 Å². The van der Waals surface area contributed by atoms with E-state index in [0.717, 1.165) is 37.0 Å². The van der Waals surface area contributed by atoms with Crippen LogP contribution in [-0.4, -0.2) is 280 Å². The number of hydrogen-bond donors (Lipinski definition) is 3. The first kappa shape index (κ1) is 84.9. The lowest BCUT2D eigenvalue weighted by molar-refractivity contribution is -0.184. The van der Waals surface area contributed by atoms with Crippen LogP contribution in [0.4, 0.5) is 26.3 Å². The molecular weight excluding hydrogens is 1450 g/mol. The lowest BCUT2D eigenvalue weighted by Gasteiger charge is -2.47. The molecule has 109 heavy (non-hydrogen) atoms. The number of nitrogens with zero attached hydrogens (tertiary/aromatic N) is 9. The summed E-state index contributed by atoms with van der Waals surface area (Å²) in [4.78, 5) is 195. The molecule has 3 unspecified atom stereocenters. The highest BCUT2D eigenvalue weighted by Crippen LogP contribution is 2.46. The average molecular weight is 1570 g/mol. The lowest BCUT2D eigenvalue weighted by atomic mass is 9.74. The van der Waals surface area contributed by atoms with Crippen LogP contribution in [0.15, 0.2) is 0 Å². The van der Waals surface area contributed by atoms with Crippen LogP contribution < -0.4 is 16.0 Å². The van der Waals surface area contributed by atoms with Crippen molar-refractivity contribution in [1.82, 2.24) is 60.0 Å². The second kappa shape index (κ2) is 36.1. The minimum Gasteiger partial charge on any atom is -0.378 e. The van der Waals surface area contributed by atoms with Crippen molar-refractivity contribution < 1.29 is 88.6 Å². The van der Waals surface area contributed by atoms with Crippen LogP contribution in [-0.2, 0) is 62.3 Å². The average Bonchev–Trinajstić information content (AvgIpc) is 1.61. The first-order valence-corrected chi connectivity index (χ1v) is 40.8. The summed E-state index contributed by atoms with van der Waals surface area (Å²) in [5.74, 6) is -13.5. The molecule has 0 aromatic heterocycles. The van der Waals surface area contributed by atoms with E-state index in [0.29, 0.717) is 38.5 Å². The molecule has 2 bridgehead atoms. The van der Waals surface area contributed by atoms with Crippen molar-refractivity contribution >= 4 is 82.5 Å². The molecule has 32 heteroatoms. The summed E-state index contributed by atoms with van der Waals surface area (Å²) < 4.78 is 90.4. The Morgan fingerprint density at radius 2 is 1.22 bits per heavy atom. The predicted octanol–water partition coefficient (Wildman–Crippen LogP) is 6.79. The van der Waals surface area contributed by atoms with E-state index < -0.39 is 197 Å². The van der Waals surface area contributed by atoms with Gasteiger partial charge in [-0.2, -0.15) is 26.3 Å². The molecule has 5 heterocycles. The third kappa shape index (κ3) is 19.4. The van der Waals surface area contributed by atoms with Gasteiger partial charge in [0.25, 0.3) is 0 Å². The molecule has 5 saturated heterocycles. The van der Waals surface area contributed by atoms with Crippen molar-refractivity contribution in [2.45, 2.75) is 278 Å². The van der Waals surface area contributed by atoms with Crippen molar-refractivity contribution in [3.63, 3.8) is 0 Å². The Morgan fingerprint density at radius 3 is 1.81 bits per heavy atom. The van der Waals surface area contributed by atoms with Crippen LogP contribution in [0.1, 0.15) is 201 Å². The van der Waals surface area contributed by atoms with Crippen molar-refractivity contribution in [2.24, 2.45) is 47.3 Å². The number of ether oxygens (including phenoxy) is 1. The van der Waals surface area contributed by atoms with Gasteiger partial charge in [-0.1, -0.05) is 59.3 Å². The molecule has 10 fully saturated rings. The number of fused-ring (bicyclic) bond motifs is 4. The van der Waals surface area contributed by atoms with Gasteiger partial charge in [-0.25, -0.2) is 0 Å². The molecule has 25 nitrogen and oxygen atoms in total. The van der Waals surface area contributed by atoms with Gasteiger partial charge in [0.1, 0.15) is 59.9 Å². The minimum atomic E-state index is -4.55. The first-order valence-electron chi connectivity index (χ1n) is 40.3. The molecule has 14 atom stereocenters. The highest BCUT2D eigenvalue weighted by atomic mass is 35.5. The Balaban J connectivity index is 1.01. The van der Waals surface area contributed by atoms with Crippen molar-refractivity contribution in [1.29, 1.82) is 0 Å². The molecule has 5 aliphatic carbocycles. The summed E-state index contributed by atoms with van der Waals surface area (Å²) in [6, 6.07) is -11.4. The standard InChI is InChI=1S/C77H117ClF6N12O13/c1-9-46(3)63-72(106)95-34-30-57(95)69(103)90(6)56-29-20-45(2)43-96(71(56)105)60(41-49-21-25-51(26-22-49)76(79,80)81)68(102)88(4)44-61(97)85-54(28-24-48-23-27-52(53(78)39-48)77(82,83)84)67(101)94-33-13-19-55(94)66(100)87-75(31-14-32-75)74(108)92(8)64(50-17-10-11-18-50)73(107)91(7)59(70(104)93-35-37-109-38-36-93)42-62(98)89(5)58(65(99)86-63)40-47-15-12-16-47/h45-60,63-64H,9-44H2,1-8H3,(H,85,97)(H,86,99)(H,87,100)/t45-,46+,48?,49?,51?,52?,53?,54+,55+,56+,57+,58+,59+,60+,63+,64+/m1/s1. The van der Waals surface area contributed by atoms with Crippen LogP contribution in [0.5, 0.6) is 0 Å². The molecule has 612 valence electrons. The summed E-state index contributed by atoms with van der Waals surface area (Å²) in [7, 11) is 7.12. The second-order valence-electron chi connectivity index (χ2n) is 33.8. The maximum atomic E-state index is 15.7. The quantitative estimate of drug-likeness (QED) is 0.142. The van der Waals surface area contributed by atoms with Gasteiger partial charge in [0.05, 0.1) is 38.0 Å². The SMILES string of the molecule is CC[C@H](C)[C@@H]1NC(=O)[C@H](CC2CCC2)N(C)C(=O)C[C@@H](C(=O)N2CCOCC2)N(C)C(=O)[C@H](C2CCCC2)N(C)C(=O)C2(CCC2)NC(=O)[C@@H]2CCCN2C(=O)[C@H](CCC2CCC(C(F)(F)F)C(Cl)C2)NC(=O)CN(C)C(=O)[C@H](CC2CCC(C(F)(F)F)CC2)N2C[C@H](C)CC[C@@H](C2=O)N(C)C(=O)[C@@H]2CCN2C1=O. The zero-order chi connectivity index (χ0) is 79.3. The Bertz CT molecular complexity index is 3310. The van der Waals surface area contributed by atoms with Crippen LogP contribution in [0, 0.1) is 47.3 Å². The van der Waals surface area contributed by atoms with E-state index >= 15 is 52.7 Å². The van der Waals surface area contributed by atoms with E-state index in [9.17, 15) is 31.1 Å². The molecule has 5 aliphatic heterocycles. The Kier molecular flexibility index (Phi) is 28.1. The van der Waals surface area contributed by atoms with Crippen LogP contribution >= 0.6 is 11.6 Å². The van der Waals surface area contributed by atoms with E-state index in [1.807, 2.05) is 13.8 Å². The number of halogens is 7. The van der Waals surface area contributed by atoms with Gasteiger partial charge < -0.3 is 64.8 Å². The number of alkyl halides is 7. The van der Waals surface area contributed by atoms with E-state index in [-0.39, 0.29) is 161 Å². The zero-order valence-corrected chi connectivity index (χ0v) is 65.6. The van der Waals surface area contributed by atoms with E-state index in [1.54, 1.807) is 6.92 Å². The third-order valence-electron chi connectivity index (χ3n) is 26.7. The molecule has 10 aliphatic rings. The number of hydrogen-bond acceptors (Lipinski definition) is 13. The smallest absolute Gasteiger partial charge is 0.378 e. The van der Waals surface area contributed by atoms with E-state index in [2.05, 4.69) is 16.0 Å². The Hall–Kier alpha value is -6.53. The number of rotatable bonds is 11. The van der Waals surface area contributed by atoms with Crippen LogP contribution in [0.3, 0.4) is 0 Å². The Morgan fingerprint density at radius 1 is 0.578 bits per heavy atom. The van der Waals surface area contributed by atoms with E-state index in [1.165, 1.54) is 74.4 Å². The molecule has 0 aromatic rings.